The fourth-order valence-electron chi connectivity index (χ4n) is 6.40. The number of alkyl halides is 2. The highest BCUT2D eigenvalue weighted by atomic mass is 19.3. The first-order chi connectivity index (χ1) is 22.6. The lowest BCUT2D eigenvalue weighted by molar-refractivity contribution is -0.144. The van der Waals surface area contributed by atoms with Gasteiger partial charge in [-0.1, -0.05) is 30.7 Å². The molecule has 2 aliphatic rings. The van der Waals surface area contributed by atoms with Gasteiger partial charge in [0.2, 0.25) is 0 Å². The molecule has 2 N–H and O–H groups in total. The minimum atomic E-state index is -3.55. The number of ketones is 1. The maximum atomic E-state index is 13.8. The first-order valence-electron chi connectivity index (χ1n) is 16.0. The van der Waals surface area contributed by atoms with Crippen molar-refractivity contribution in [2.75, 3.05) is 6.79 Å². The zero-order valence-corrected chi connectivity index (χ0v) is 26.5. The highest BCUT2D eigenvalue weighted by molar-refractivity contribution is 5.96. The molecular weight excluding hydrogens is 608 g/mol. The summed E-state index contributed by atoms with van der Waals surface area (Å²) in [7, 11) is 0. The Kier molecular flexibility index (Phi) is 9.56. The maximum Gasteiger partial charge on any atom is 0.321 e. The van der Waals surface area contributed by atoms with Crippen molar-refractivity contribution in [1.29, 1.82) is 0 Å². The third kappa shape index (κ3) is 7.47. The Bertz CT molecular complexity index is 1750. The van der Waals surface area contributed by atoms with Crippen molar-refractivity contribution in [2.45, 2.75) is 83.2 Å². The number of nitrogens with zero attached hydrogens (tertiary/aromatic N) is 2. The molecule has 9 nitrogen and oxygen atoms in total. The average molecular weight is 648 g/mol. The van der Waals surface area contributed by atoms with Crippen LogP contribution in [-0.4, -0.2) is 51.4 Å². The molecule has 1 aromatic heterocycles. The Hall–Kier alpha value is -4.35. The van der Waals surface area contributed by atoms with Gasteiger partial charge in [-0.15, -0.1) is 0 Å². The molecule has 0 unspecified atom stereocenters. The van der Waals surface area contributed by atoms with E-state index in [1.54, 1.807) is 48.1 Å². The van der Waals surface area contributed by atoms with Crippen LogP contribution in [0.4, 0.5) is 8.78 Å². The van der Waals surface area contributed by atoms with Gasteiger partial charge >= 0.3 is 5.92 Å². The molecule has 1 saturated carbocycles. The van der Waals surface area contributed by atoms with Crippen molar-refractivity contribution in [1.82, 2.24) is 15.1 Å². The van der Waals surface area contributed by atoms with E-state index in [2.05, 4.69) is 10.4 Å². The van der Waals surface area contributed by atoms with Gasteiger partial charge in [-0.25, -0.2) is 4.68 Å². The highest BCUT2D eigenvalue weighted by Gasteiger charge is 2.35. The zero-order valence-electron chi connectivity index (χ0n) is 26.5. The lowest BCUT2D eigenvalue weighted by atomic mass is 9.96. The van der Waals surface area contributed by atoms with Crippen LogP contribution in [0.3, 0.4) is 0 Å². The molecule has 1 fully saturated rings. The Labute approximate surface area is 271 Å². The molecule has 6 rings (SSSR count). The molecule has 0 radical (unpaired) electrons. The number of nitrogens with one attached hydrogen (secondary N) is 1. The average Bonchev–Trinajstić information content (AvgIpc) is 3.68. The number of aliphatic hydroxyl groups is 1. The van der Waals surface area contributed by atoms with E-state index in [1.165, 1.54) is 0 Å². The van der Waals surface area contributed by atoms with Crippen LogP contribution in [0, 0.1) is 5.92 Å². The summed E-state index contributed by atoms with van der Waals surface area (Å²) in [5, 5.41) is 17.8. The largest absolute Gasteiger partial charge is 0.484 e. The first-order valence-corrected chi connectivity index (χ1v) is 16.0. The molecule has 0 bridgehead atoms. The van der Waals surface area contributed by atoms with Crippen LogP contribution in [0.2, 0.25) is 0 Å². The fraction of sp³-hybridized carbons (Fsp3) is 0.417. The van der Waals surface area contributed by atoms with E-state index in [1.807, 2.05) is 30.3 Å². The van der Waals surface area contributed by atoms with Crippen molar-refractivity contribution >= 4 is 22.6 Å². The number of fused-ring (bicyclic) bond motifs is 2. The molecule has 2 heterocycles. The Morgan fingerprint density at radius 3 is 2.79 bits per heavy atom. The number of Topliss-reactive ketones (excluding diaryl/α,β-unsaturated/α-hetero) is 1. The van der Waals surface area contributed by atoms with Crippen LogP contribution in [0.15, 0.2) is 66.9 Å². The fourth-order valence-corrected chi connectivity index (χ4v) is 6.40. The molecule has 1 aliphatic heterocycles. The lowest BCUT2D eigenvalue weighted by Crippen LogP contribution is -2.46. The van der Waals surface area contributed by atoms with Crippen LogP contribution >= 0.6 is 0 Å². The summed E-state index contributed by atoms with van der Waals surface area (Å²) in [6.07, 6.45) is 5.56. The molecule has 47 heavy (non-hydrogen) atoms. The van der Waals surface area contributed by atoms with Gasteiger partial charge < -0.3 is 24.6 Å². The number of hydrogen-bond acceptors (Lipinski definition) is 7. The van der Waals surface area contributed by atoms with Gasteiger partial charge in [-0.3, -0.25) is 9.59 Å². The monoisotopic (exact) mass is 647 g/mol. The standard InChI is InChI=1S/C36H39F2N3O6/c1-22(40-35(44)36(2,37)38)34(25-12-13-26-20-45-21-46-33(26)18-25)47-29-14-15-30-27(17-29)19-39-41(30)28-9-3-8-24(16-28)32(43)11-5-7-23-6-4-10-31(23)42/h3,8-9,12-19,22-23,31,34,42H,4-7,10-11,20-21H2,1-2H3,(H,40,44)/t22-,23-,31-,34-/m0/s1. The molecule has 1 amide bonds. The molecule has 4 atom stereocenters. The second-order valence-electron chi connectivity index (χ2n) is 12.6. The molecule has 0 saturated heterocycles. The predicted octanol–water partition coefficient (Wildman–Crippen LogP) is 6.69. The second-order valence-corrected chi connectivity index (χ2v) is 12.6. The predicted molar refractivity (Wildman–Crippen MR) is 171 cm³/mol. The van der Waals surface area contributed by atoms with E-state index in [0.717, 1.165) is 54.3 Å². The van der Waals surface area contributed by atoms with Gasteiger partial charge in [-0.05, 0) is 80.5 Å². The van der Waals surface area contributed by atoms with Gasteiger partial charge in [0.15, 0.2) is 12.6 Å². The number of carbonyl (C=O) groups excluding carboxylic acids is 2. The minimum absolute atomic E-state index is 0.0553. The minimum Gasteiger partial charge on any atom is -0.484 e. The molecule has 4 aromatic rings. The SMILES string of the molecule is C[C@H](NC(=O)C(C)(F)F)[C@H](Oc1ccc2c(cnn2-c2cccc(C(=O)CCC[C@@H]3CCC[C@@H]3O)c2)c1)c1ccc2c(c1)OCOC2. The van der Waals surface area contributed by atoms with Crippen molar-refractivity contribution in [3.63, 3.8) is 0 Å². The smallest absolute Gasteiger partial charge is 0.321 e. The summed E-state index contributed by atoms with van der Waals surface area (Å²) >= 11 is 0. The van der Waals surface area contributed by atoms with E-state index in [9.17, 15) is 23.5 Å². The Balaban J connectivity index is 1.20. The maximum absolute atomic E-state index is 13.8. The summed E-state index contributed by atoms with van der Waals surface area (Å²) in [6.45, 7) is 2.65. The van der Waals surface area contributed by atoms with Crippen LogP contribution in [0.1, 0.15) is 80.0 Å². The van der Waals surface area contributed by atoms with Gasteiger partial charge in [0.05, 0.1) is 36.2 Å². The molecule has 3 aromatic carbocycles. The number of hydrogen-bond donors (Lipinski definition) is 2. The Morgan fingerprint density at radius 1 is 1.15 bits per heavy atom. The summed E-state index contributed by atoms with van der Waals surface area (Å²) in [5.41, 5.74) is 3.60. The zero-order chi connectivity index (χ0) is 33.1. The number of carbonyl (C=O) groups is 2. The molecule has 248 valence electrons. The molecule has 1 aliphatic carbocycles. The Morgan fingerprint density at radius 2 is 2.00 bits per heavy atom. The number of rotatable bonds is 12. The van der Waals surface area contributed by atoms with Crippen molar-refractivity contribution in [2.24, 2.45) is 5.92 Å². The first kappa shape index (κ1) is 32.6. The lowest BCUT2D eigenvalue weighted by Gasteiger charge is -2.28. The number of ether oxygens (including phenoxy) is 3. The van der Waals surface area contributed by atoms with Gasteiger partial charge in [0.1, 0.15) is 17.6 Å². The summed E-state index contributed by atoms with van der Waals surface area (Å²) in [4.78, 5) is 25.2. The molecule has 0 spiro atoms. The van der Waals surface area contributed by atoms with E-state index in [0.29, 0.717) is 48.5 Å². The number of benzene rings is 3. The number of halogens is 2. The van der Waals surface area contributed by atoms with Gasteiger partial charge in [0, 0.05) is 29.9 Å². The van der Waals surface area contributed by atoms with E-state index in [-0.39, 0.29) is 18.7 Å². The number of aliphatic hydroxyl groups excluding tert-OH is 1. The van der Waals surface area contributed by atoms with Crippen LogP contribution < -0.4 is 14.8 Å². The number of amides is 1. The second kappa shape index (κ2) is 13.8. The molecule has 11 heteroatoms. The van der Waals surface area contributed by atoms with E-state index < -0.39 is 24.0 Å². The normalized spacial score (nSPS) is 19.1. The third-order valence-corrected chi connectivity index (χ3v) is 9.00. The van der Waals surface area contributed by atoms with Crippen LogP contribution in [0.25, 0.3) is 16.6 Å². The van der Waals surface area contributed by atoms with E-state index >= 15 is 0 Å². The summed E-state index contributed by atoms with van der Waals surface area (Å²) < 4.78 is 46.6. The third-order valence-electron chi connectivity index (χ3n) is 9.00. The van der Waals surface area contributed by atoms with Crippen molar-refractivity contribution in [3.05, 3.63) is 83.6 Å². The summed E-state index contributed by atoms with van der Waals surface area (Å²) in [6, 6.07) is 17.3. The number of aromatic nitrogens is 2. The van der Waals surface area contributed by atoms with Gasteiger partial charge in [-0.2, -0.15) is 13.9 Å². The molecular formula is C36H39F2N3O6. The summed E-state index contributed by atoms with van der Waals surface area (Å²) in [5.74, 6) is -3.55. The van der Waals surface area contributed by atoms with Crippen molar-refractivity contribution in [3.8, 4) is 17.2 Å². The van der Waals surface area contributed by atoms with Gasteiger partial charge in [0.25, 0.3) is 5.91 Å². The van der Waals surface area contributed by atoms with Crippen molar-refractivity contribution < 1.29 is 37.7 Å². The van der Waals surface area contributed by atoms with Crippen LogP contribution in [-0.2, 0) is 16.1 Å². The quantitative estimate of drug-likeness (QED) is 0.165. The van der Waals surface area contributed by atoms with E-state index in [4.69, 9.17) is 14.2 Å². The van der Waals surface area contributed by atoms with Crippen LogP contribution in [0.5, 0.6) is 11.5 Å². The highest BCUT2D eigenvalue weighted by Crippen LogP contribution is 2.34. The topological polar surface area (TPSA) is 112 Å².